The first-order valence-corrected chi connectivity index (χ1v) is 8.23. The fourth-order valence-corrected chi connectivity index (χ4v) is 2.45. The van der Waals surface area contributed by atoms with E-state index >= 15 is 0 Å². The van der Waals surface area contributed by atoms with Gasteiger partial charge in [0.05, 0.1) is 12.7 Å². The molecule has 23 heavy (non-hydrogen) atoms. The van der Waals surface area contributed by atoms with E-state index in [1.165, 1.54) is 20.8 Å². The lowest BCUT2D eigenvalue weighted by atomic mass is 9.99. The van der Waals surface area contributed by atoms with Crippen LogP contribution in [0.1, 0.15) is 27.7 Å². The van der Waals surface area contributed by atoms with Crippen LogP contribution in [0.2, 0.25) is 0 Å². The van der Waals surface area contributed by atoms with Crippen LogP contribution in [-0.2, 0) is 38.1 Å². The van der Waals surface area contributed by atoms with E-state index in [-0.39, 0.29) is 0 Å². The minimum Gasteiger partial charge on any atom is -0.456 e. The summed E-state index contributed by atoms with van der Waals surface area (Å²) in [7, 11) is 0. The molecule has 0 saturated carbocycles. The molecular formula is C14H21BrO8. The summed E-state index contributed by atoms with van der Waals surface area (Å²) >= 11 is 3.22. The quantitative estimate of drug-likeness (QED) is 0.371. The Balaban J connectivity index is 3.08. The maximum absolute atomic E-state index is 11.4. The van der Waals surface area contributed by atoms with Crippen molar-refractivity contribution in [3.63, 3.8) is 0 Å². The van der Waals surface area contributed by atoms with Gasteiger partial charge in [-0.2, -0.15) is 0 Å². The molecule has 9 heteroatoms. The largest absolute Gasteiger partial charge is 0.456 e. The predicted octanol–water partition coefficient (Wildman–Crippen LogP) is 0.938. The predicted molar refractivity (Wildman–Crippen MR) is 80.7 cm³/mol. The zero-order chi connectivity index (χ0) is 17.6. The Kier molecular flexibility index (Phi) is 7.93. The molecule has 5 atom stereocenters. The fraction of sp³-hybridized carbons (Fsp3) is 0.786. The standard InChI is InChI=1S/C14H21BrO8/c1-7-11(21-8(2)16)12(22-9(3)17)13(23-10(4)18)14(20-7)19-6-5-15/h7,11-14H,5-6H2,1-4H3/t7-,11+,12+,13-,14+/m0/s1. The van der Waals surface area contributed by atoms with E-state index in [1.54, 1.807) is 6.92 Å². The van der Waals surface area contributed by atoms with E-state index in [2.05, 4.69) is 15.9 Å². The molecule has 0 N–H and O–H groups in total. The molecule has 0 aromatic heterocycles. The molecule has 132 valence electrons. The van der Waals surface area contributed by atoms with Crippen molar-refractivity contribution in [2.45, 2.75) is 58.4 Å². The van der Waals surface area contributed by atoms with Crippen molar-refractivity contribution in [2.75, 3.05) is 11.9 Å². The fourth-order valence-electron chi connectivity index (χ4n) is 2.26. The van der Waals surface area contributed by atoms with Gasteiger partial charge in [0.25, 0.3) is 0 Å². The van der Waals surface area contributed by atoms with Gasteiger partial charge in [-0.25, -0.2) is 0 Å². The SMILES string of the molecule is CC(=O)O[C@H]1[C@H](OC(C)=O)[C@H](OCCBr)O[C@@H](C)[C@H]1OC(C)=O. The Morgan fingerprint density at radius 2 is 1.39 bits per heavy atom. The monoisotopic (exact) mass is 396 g/mol. The molecule has 0 aromatic rings. The summed E-state index contributed by atoms with van der Waals surface area (Å²) in [5.74, 6) is -1.76. The normalized spacial score (nSPS) is 30.4. The summed E-state index contributed by atoms with van der Waals surface area (Å²) in [4.78, 5) is 34.1. The Labute approximate surface area is 142 Å². The summed E-state index contributed by atoms with van der Waals surface area (Å²) < 4.78 is 26.8. The van der Waals surface area contributed by atoms with Gasteiger partial charge in [0, 0.05) is 26.1 Å². The third kappa shape index (κ3) is 6.08. The number of rotatable bonds is 6. The summed E-state index contributed by atoms with van der Waals surface area (Å²) in [5.41, 5.74) is 0. The maximum atomic E-state index is 11.4. The summed E-state index contributed by atoms with van der Waals surface area (Å²) in [5, 5.41) is 0.541. The Morgan fingerprint density at radius 3 is 1.87 bits per heavy atom. The second-order valence-corrected chi connectivity index (χ2v) is 5.78. The molecule has 0 bridgehead atoms. The summed E-state index contributed by atoms with van der Waals surface area (Å²) in [6.07, 6.45) is -4.54. The second-order valence-electron chi connectivity index (χ2n) is 4.99. The molecular weight excluding hydrogens is 376 g/mol. The summed E-state index contributed by atoms with van der Waals surface area (Å²) in [6, 6.07) is 0. The second kappa shape index (κ2) is 9.19. The van der Waals surface area contributed by atoms with E-state index in [4.69, 9.17) is 23.7 Å². The lowest BCUT2D eigenvalue weighted by molar-refractivity contribution is -0.299. The van der Waals surface area contributed by atoms with Gasteiger partial charge in [-0.15, -0.1) is 0 Å². The Bertz CT molecular complexity index is 440. The van der Waals surface area contributed by atoms with Crippen LogP contribution in [-0.4, -0.2) is 60.6 Å². The van der Waals surface area contributed by atoms with Crippen molar-refractivity contribution >= 4 is 33.8 Å². The van der Waals surface area contributed by atoms with Crippen LogP contribution in [0.3, 0.4) is 0 Å². The Morgan fingerprint density at radius 1 is 0.913 bits per heavy atom. The molecule has 1 heterocycles. The van der Waals surface area contributed by atoms with Crippen LogP contribution in [0.5, 0.6) is 0 Å². The molecule has 8 nitrogen and oxygen atoms in total. The van der Waals surface area contributed by atoms with Gasteiger partial charge in [-0.1, -0.05) is 15.9 Å². The Hall–Kier alpha value is -1.19. The van der Waals surface area contributed by atoms with Gasteiger partial charge in [0.15, 0.2) is 24.6 Å². The van der Waals surface area contributed by atoms with Crippen molar-refractivity contribution in [1.29, 1.82) is 0 Å². The van der Waals surface area contributed by atoms with Gasteiger partial charge in [-0.05, 0) is 6.92 Å². The first-order valence-electron chi connectivity index (χ1n) is 7.11. The molecule has 1 aliphatic rings. The number of carbonyl (C=O) groups excluding carboxylic acids is 3. The van der Waals surface area contributed by atoms with Crippen LogP contribution < -0.4 is 0 Å². The number of carbonyl (C=O) groups is 3. The molecule has 1 fully saturated rings. The smallest absolute Gasteiger partial charge is 0.303 e. The van der Waals surface area contributed by atoms with Crippen LogP contribution in [0.25, 0.3) is 0 Å². The average Bonchev–Trinajstić information content (AvgIpc) is 2.42. The zero-order valence-electron chi connectivity index (χ0n) is 13.4. The lowest BCUT2D eigenvalue weighted by Crippen LogP contribution is -2.61. The highest BCUT2D eigenvalue weighted by atomic mass is 79.9. The summed E-state index contributed by atoms with van der Waals surface area (Å²) in [6.45, 7) is 5.60. The molecule has 0 spiro atoms. The van der Waals surface area contributed by atoms with Gasteiger partial charge in [-0.3, -0.25) is 14.4 Å². The highest BCUT2D eigenvalue weighted by Crippen LogP contribution is 2.29. The highest BCUT2D eigenvalue weighted by Gasteiger charge is 2.50. The molecule has 0 radical (unpaired) electrons. The number of hydrogen-bond acceptors (Lipinski definition) is 8. The van der Waals surface area contributed by atoms with Gasteiger partial charge < -0.3 is 23.7 Å². The van der Waals surface area contributed by atoms with Crippen molar-refractivity contribution < 1.29 is 38.1 Å². The van der Waals surface area contributed by atoms with Crippen LogP contribution in [0, 0.1) is 0 Å². The van der Waals surface area contributed by atoms with E-state index < -0.39 is 48.6 Å². The molecule has 0 amide bonds. The number of hydrogen-bond donors (Lipinski definition) is 0. The third-order valence-corrected chi connectivity index (χ3v) is 3.32. The number of esters is 3. The van der Waals surface area contributed by atoms with Crippen LogP contribution >= 0.6 is 15.9 Å². The minimum absolute atomic E-state index is 0.292. The van der Waals surface area contributed by atoms with Crippen LogP contribution in [0.4, 0.5) is 0 Å². The number of alkyl halides is 1. The van der Waals surface area contributed by atoms with Crippen molar-refractivity contribution in [1.82, 2.24) is 0 Å². The zero-order valence-corrected chi connectivity index (χ0v) is 15.0. The van der Waals surface area contributed by atoms with E-state index in [1.807, 2.05) is 0 Å². The minimum atomic E-state index is -1.05. The van der Waals surface area contributed by atoms with Crippen molar-refractivity contribution in [3.05, 3.63) is 0 Å². The van der Waals surface area contributed by atoms with Crippen molar-refractivity contribution in [2.24, 2.45) is 0 Å². The first kappa shape index (κ1) is 19.9. The van der Waals surface area contributed by atoms with E-state index in [0.717, 1.165) is 0 Å². The number of halogens is 1. The molecule has 1 rings (SSSR count). The van der Waals surface area contributed by atoms with Gasteiger partial charge >= 0.3 is 17.9 Å². The maximum Gasteiger partial charge on any atom is 0.303 e. The topological polar surface area (TPSA) is 97.4 Å². The molecule has 0 aliphatic carbocycles. The van der Waals surface area contributed by atoms with E-state index in [9.17, 15) is 14.4 Å². The molecule has 1 saturated heterocycles. The van der Waals surface area contributed by atoms with Gasteiger partial charge in [0.2, 0.25) is 0 Å². The molecule has 1 aliphatic heterocycles. The molecule has 0 aromatic carbocycles. The highest BCUT2D eigenvalue weighted by molar-refractivity contribution is 9.09. The van der Waals surface area contributed by atoms with Crippen molar-refractivity contribution in [3.8, 4) is 0 Å². The van der Waals surface area contributed by atoms with Gasteiger partial charge in [0.1, 0.15) is 0 Å². The lowest BCUT2D eigenvalue weighted by Gasteiger charge is -2.43. The number of ether oxygens (including phenoxy) is 5. The molecule has 0 unspecified atom stereocenters. The first-order chi connectivity index (χ1) is 10.8. The van der Waals surface area contributed by atoms with E-state index in [0.29, 0.717) is 11.9 Å². The van der Waals surface area contributed by atoms with Crippen LogP contribution in [0.15, 0.2) is 0 Å². The third-order valence-electron chi connectivity index (χ3n) is 2.99. The average molecular weight is 397 g/mol.